The summed E-state index contributed by atoms with van der Waals surface area (Å²) in [5.74, 6) is 0. The highest BCUT2D eigenvalue weighted by molar-refractivity contribution is 5.03. The Morgan fingerprint density at radius 2 is 2.44 bits per heavy atom. The van der Waals surface area contributed by atoms with Crippen LogP contribution in [0.15, 0.2) is 11.8 Å². The third-order valence-electron chi connectivity index (χ3n) is 1.68. The van der Waals surface area contributed by atoms with Crippen molar-refractivity contribution in [2.45, 2.75) is 19.9 Å². The van der Waals surface area contributed by atoms with Crippen LogP contribution in [-0.2, 0) is 4.84 Å². The second-order valence-corrected chi connectivity index (χ2v) is 2.36. The average molecular weight is 128 g/mol. The summed E-state index contributed by atoms with van der Waals surface area (Å²) in [6.07, 6.45) is 1.73. The zero-order valence-corrected chi connectivity index (χ0v) is 6.01. The number of nitrogens with zero attached hydrogens (tertiary/aromatic N) is 1. The molecule has 0 saturated carbocycles. The van der Waals surface area contributed by atoms with Crippen LogP contribution in [0.3, 0.4) is 0 Å². The fraction of sp³-hybridized carbons (Fsp3) is 0.667. The van der Waals surface area contributed by atoms with Gasteiger partial charge < -0.3 is 4.84 Å². The zero-order chi connectivity index (χ0) is 6.85. The van der Waals surface area contributed by atoms with Crippen molar-refractivity contribution in [2.75, 3.05) is 7.05 Å². The fourth-order valence-corrected chi connectivity index (χ4v) is 0.685. The Hall–Kier alpha value is -0.540. The molecule has 0 aromatic carbocycles. The first kappa shape index (κ1) is 6.58. The van der Waals surface area contributed by atoms with Crippen LogP contribution in [-0.4, -0.2) is 18.1 Å². The van der Waals surface area contributed by atoms with E-state index in [4.69, 9.17) is 4.84 Å². The van der Waals surface area contributed by atoms with Crippen LogP contribution in [0.5, 0.6) is 0 Å². The zero-order valence-electron chi connectivity index (χ0n) is 6.01. The topological polar surface area (TPSA) is 24.5 Å². The van der Waals surface area contributed by atoms with Gasteiger partial charge in [-0.2, -0.15) is 0 Å². The summed E-state index contributed by atoms with van der Waals surface area (Å²) in [4.78, 5) is 4.88. The Labute approximate surface area is 55.2 Å². The van der Waals surface area contributed by atoms with E-state index >= 15 is 0 Å². The molecule has 1 unspecified atom stereocenters. The van der Waals surface area contributed by atoms with E-state index in [0.717, 1.165) is 0 Å². The van der Waals surface area contributed by atoms with Crippen LogP contribution in [0.25, 0.3) is 0 Å². The molecule has 1 heterocycles. The first-order valence-corrected chi connectivity index (χ1v) is 3.02. The van der Waals surface area contributed by atoms with Gasteiger partial charge in [-0.3, -0.25) is 0 Å². The Morgan fingerprint density at radius 1 is 1.78 bits per heavy atom. The molecule has 3 nitrogen and oxygen atoms in total. The minimum atomic E-state index is 0.429. The molecule has 0 amide bonds. The summed E-state index contributed by atoms with van der Waals surface area (Å²) < 4.78 is 0. The molecule has 52 valence electrons. The van der Waals surface area contributed by atoms with Crippen LogP contribution >= 0.6 is 0 Å². The van der Waals surface area contributed by atoms with Gasteiger partial charge in [-0.15, -0.1) is 0 Å². The van der Waals surface area contributed by atoms with Crippen LogP contribution in [0.4, 0.5) is 0 Å². The summed E-state index contributed by atoms with van der Waals surface area (Å²) in [5.41, 5.74) is 3.95. The minimum absolute atomic E-state index is 0.429. The summed E-state index contributed by atoms with van der Waals surface area (Å²) in [6.45, 7) is 4.16. The van der Waals surface area contributed by atoms with Gasteiger partial charge in [0.25, 0.3) is 0 Å². The Morgan fingerprint density at radius 3 is 2.89 bits per heavy atom. The van der Waals surface area contributed by atoms with E-state index in [0.29, 0.717) is 6.04 Å². The van der Waals surface area contributed by atoms with E-state index in [1.54, 1.807) is 6.26 Å². The predicted octanol–water partition coefficient (Wildman–Crippen LogP) is 0.660. The molecule has 0 aromatic rings. The molecule has 0 aromatic heterocycles. The van der Waals surface area contributed by atoms with Crippen molar-refractivity contribution >= 4 is 0 Å². The monoisotopic (exact) mass is 128 g/mol. The Kier molecular flexibility index (Phi) is 1.73. The van der Waals surface area contributed by atoms with Gasteiger partial charge in [0.2, 0.25) is 0 Å². The molecule has 0 bridgehead atoms. The van der Waals surface area contributed by atoms with Gasteiger partial charge in [-0.1, -0.05) is 5.59 Å². The standard InChI is InChI=1S/C6H12N2O/c1-5-4-9-7-8(3)6(5)2/h4,6-7H,1-3H3. The lowest BCUT2D eigenvalue weighted by atomic mass is 10.2. The summed E-state index contributed by atoms with van der Waals surface area (Å²) >= 11 is 0. The van der Waals surface area contributed by atoms with E-state index in [1.165, 1.54) is 5.57 Å². The number of hydrogen-bond acceptors (Lipinski definition) is 3. The maximum absolute atomic E-state index is 4.88. The molecule has 0 saturated heterocycles. The number of hydrazine groups is 1. The molecule has 1 aliphatic heterocycles. The molecule has 0 aliphatic carbocycles. The van der Waals surface area contributed by atoms with Gasteiger partial charge in [0.15, 0.2) is 0 Å². The van der Waals surface area contributed by atoms with Crippen LogP contribution in [0.2, 0.25) is 0 Å². The lowest BCUT2D eigenvalue weighted by Crippen LogP contribution is -2.43. The van der Waals surface area contributed by atoms with Crippen molar-refractivity contribution < 1.29 is 4.84 Å². The molecule has 0 spiro atoms. The minimum Gasteiger partial charge on any atom is -0.401 e. The fourth-order valence-electron chi connectivity index (χ4n) is 0.685. The van der Waals surface area contributed by atoms with E-state index < -0.39 is 0 Å². The summed E-state index contributed by atoms with van der Waals surface area (Å²) in [5, 5.41) is 1.91. The van der Waals surface area contributed by atoms with E-state index in [2.05, 4.69) is 12.5 Å². The SMILES string of the molecule is CC1=CONN(C)C1C. The van der Waals surface area contributed by atoms with Gasteiger partial charge in [0.05, 0.1) is 0 Å². The van der Waals surface area contributed by atoms with Crippen molar-refractivity contribution in [3.05, 3.63) is 11.8 Å². The van der Waals surface area contributed by atoms with Crippen molar-refractivity contribution in [1.29, 1.82) is 0 Å². The predicted molar refractivity (Wildman–Crippen MR) is 35.2 cm³/mol. The highest BCUT2D eigenvalue weighted by atomic mass is 16.7. The Bertz CT molecular complexity index is 133. The highest BCUT2D eigenvalue weighted by Gasteiger charge is 2.14. The number of nitrogens with one attached hydrogen (secondary N) is 1. The second-order valence-electron chi connectivity index (χ2n) is 2.36. The molecular weight excluding hydrogens is 116 g/mol. The summed E-state index contributed by atoms with van der Waals surface area (Å²) in [7, 11) is 1.95. The van der Waals surface area contributed by atoms with Crippen molar-refractivity contribution in [3.8, 4) is 0 Å². The van der Waals surface area contributed by atoms with Crippen molar-refractivity contribution in [2.24, 2.45) is 0 Å². The first-order chi connectivity index (χ1) is 4.22. The third-order valence-corrected chi connectivity index (χ3v) is 1.68. The molecule has 1 atom stereocenters. The molecule has 1 N–H and O–H groups in total. The van der Waals surface area contributed by atoms with Crippen molar-refractivity contribution in [1.82, 2.24) is 10.6 Å². The number of rotatable bonds is 0. The average Bonchev–Trinajstić information content (AvgIpc) is 1.83. The maximum Gasteiger partial charge on any atom is 0.113 e. The first-order valence-electron chi connectivity index (χ1n) is 3.02. The summed E-state index contributed by atoms with van der Waals surface area (Å²) in [6, 6.07) is 0.429. The molecule has 1 rings (SSSR count). The van der Waals surface area contributed by atoms with E-state index in [9.17, 15) is 0 Å². The maximum atomic E-state index is 4.88. The molecule has 1 aliphatic rings. The van der Waals surface area contributed by atoms with Crippen molar-refractivity contribution in [3.63, 3.8) is 0 Å². The number of likely N-dealkylation sites (N-methyl/N-ethyl adjacent to an activating group) is 1. The highest BCUT2D eigenvalue weighted by Crippen LogP contribution is 2.09. The van der Waals surface area contributed by atoms with Gasteiger partial charge in [-0.25, -0.2) is 5.01 Å². The third kappa shape index (κ3) is 1.23. The number of hydrogen-bond donors (Lipinski definition) is 1. The molecule has 0 fully saturated rings. The molecule has 0 radical (unpaired) electrons. The molecule has 9 heavy (non-hydrogen) atoms. The normalized spacial score (nSPS) is 29.2. The quantitative estimate of drug-likeness (QED) is 0.518. The van der Waals surface area contributed by atoms with Gasteiger partial charge in [0, 0.05) is 13.1 Å². The van der Waals surface area contributed by atoms with Gasteiger partial charge in [0.1, 0.15) is 6.26 Å². The lowest BCUT2D eigenvalue weighted by molar-refractivity contribution is -0.0488. The lowest BCUT2D eigenvalue weighted by Gasteiger charge is -2.28. The Balaban J connectivity index is 2.62. The van der Waals surface area contributed by atoms with Crippen LogP contribution < -0.4 is 5.59 Å². The van der Waals surface area contributed by atoms with E-state index in [1.807, 2.05) is 19.0 Å². The van der Waals surface area contributed by atoms with Gasteiger partial charge in [-0.05, 0) is 19.4 Å². The van der Waals surface area contributed by atoms with Crippen LogP contribution in [0, 0.1) is 0 Å². The van der Waals surface area contributed by atoms with Crippen LogP contribution in [0.1, 0.15) is 13.8 Å². The van der Waals surface area contributed by atoms with Gasteiger partial charge >= 0.3 is 0 Å². The molecular formula is C6H12N2O. The van der Waals surface area contributed by atoms with E-state index in [-0.39, 0.29) is 0 Å². The molecule has 3 heteroatoms. The smallest absolute Gasteiger partial charge is 0.113 e. The second kappa shape index (κ2) is 2.37. The largest absolute Gasteiger partial charge is 0.401 e.